The fourth-order valence-corrected chi connectivity index (χ4v) is 2.66. The Kier molecular flexibility index (Phi) is 5.21. The van der Waals surface area contributed by atoms with Gasteiger partial charge in [-0.25, -0.2) is 0 Å². The Bertz CT molecular complexity index is 613. The molecule has 2 rings (SSSR count). The summed E-state index contributed by atoms with van der Waals surface area (Å²) in [6.45, 7) is 7.70. The van der Waals surface area contributed by atoms with Gasteiger partial charge in [0.25, 0.3) is 5.91 Å². The summed E-state index contributed by atoms with van der Waals surface area (Å²) in [5.41, 5.74) is 1.82. The van der Waals surface area contributed by atoms with Crippen molar-refractivity contribution in [3.05, 3.63) is 34.6 Å². The van der Waals surface area contributed by atoms with Crippen LogP contribution in [0.3, 0.4) is 0 Å². The lowest BCUT2D eigenvalue weighted by Crippen LogP contribution is -2.30. The zero-order chi connectivity index (χ0) is 15.2. The molecule has 2 aromatic heterocycles. The lowest BCUT2D eigenvalue weighted by atomic mass is 10.3. The van der Waals surface area contributed by atoms with Gasteiger partial charge in [0, 0.05) is 18.8 Å². The molecule has 0 bridgehead atoms. The average molecular weight is 305 g/mol. The Morgan fingerprint density at radius 1 is 1.33 bits per heavy atom. The SMILES string of the molecule is CCNc1nnc(C(=O)N(CC)Cc2cccc(C)n2)s1. The molecule has 1 N–H and O–H groups in total. The minimum atomic E-state index is -0.109. The number of aromatic nitrogens is 3. The molecule has 2 aromatic rings. The predicted octanol–water partition coefficient (Wildman–Crippen LogP) is 2.34. The summed E-state index contributed by atoms with van der Waals surface area (Å²) in [6.07, 6.45) is 0. The summed E-state index contributed by atoms with van der Waals surface area (Å²) in [6, 6.07) is 5.81. The Hall–Kier alpha value is -2.02. The Morgan fingerprint density at radius 3 is 2.81 bits per heavy atom. The van der Waals surface area contributed by atoms with Gasteiger partial charge in [-0.05, 0) is 32.9 Å². The molecule has 2 heterocycles. The fourth-order valence-electron chi connectivity index (χ4n) is 1.88. The summed E-state index contributed by atoms with van der Waals surface area (Å²) in [4.78, 5) is 18.6. The molecule has 0 aliphatic heterocycles. The molecule has 0 saturated carbocycles. The smallest absolute Gasteiger partial charge is 0.285 e. The average Bonchev–Trinajstić information content (AvgIpc) is 2.93. The van der Waals surface area contributed by atoms with Gasteiger partial charge >= 0.3 is 0 Å². The van der Waals surface area contributed by atoms with E-state index in [1.807, 2.05) is 39.0 Å². The molecule has 0 fully saturated rings. The van der Waals surface area contributed by atoms with E-state index in [0.717, 1.165) is 17.9 Å². The number of aryl methyl sites for hydroxylation is 1. The highest BCUT2D eigenvalue weighted by Crippen LogP contribution is 2.17. The highest BCUT2D eigenvalue weighted by molar-refractivity contribution is 7.17. The summed E-state index contributed by atoms with van der Waals surface area (Å²) < 4.78 is 0. The van der Waals surface area contributed by atoms with Crippen LogP contribution in [0.2, 0.25) is 0 Å². The number of carbonyl (C=O) groups is 1. The third-order valence-corrected chi connectivity index (χ3v) is 3.77. The van der Waals surface area contributed by atoms with Crippen LogP contribution in [-0.2, 0) is 6.54 Å². The van der Waals surface area contributed by atoms with E-state index in [-0.39, 0.29) is 5.91 Å². The number of anilines is 1. The zero-order valence-electron chi connectivity index (χ0n) is 12.5. The third-order valence-electron chi connectivity index (χ3n) is 2.90. The maximum Gasteiger partial charge on any atom is 0.285 e. The first-order valence-corrected chi connectivity index (χ1v) is 7.74. The van der Waals surface area contributed by atoms with Crippen LogP contribution in [0, 0.1) is 6.92 Å². The Labute approximate surface area is 128 Å². The van der Waals surface area contributed by atoms with Crippen LogP contribution >= 0.6 is 11.3 Å². The lowest BCUT2D eigenvalue weighted by molar-refractivity contribution is 0.0749. The number of nitrogens with one attached hydrogen (secondary N) is 1. The van der Waals surface area contributed by atoms with Gasteiger partial charge in [-0.3, -0.25) is 9.78 Å². The molecule has 0 saturated heterocycles. The predicted molar refractivity (Wildman–Crippen MR) is 83.5 cm³/mol. The van der Waals surface area contributed by atoms with Crippen LogP contribution in [0.15, 0.2) is 18.2 Å². The van der Waals surface area contributed by atoms with E-state index in [4.69, 9.17) is 0 Å². The van der Waals surface area contributed by atoms with E-state index in [9.17, 15) is 4.79 Å². The quantitative estimate of drug-likeness (QED) is 0.887. The van der Waals surface area contributed by atoms with Gasteiger partial charge in [-0.1, -0.05) is 17.4 Å². The topological polar surface area (TPSA) is 71.0 Å². The Balaban J connectivity index is 2.10. The van der Waals surface area contributed by atoms with Crippen LogP contribution in [0.25, 0.3) is 0 Å². The van der Waals surface area contributed by atoms with Crippen molar-refractivity contribution in [1.82, 2.24) is 20.1 Å². The molecule has 21 heavy (non-hydrogen) atoms. The number of amides is 1. The fraction of sp³-hybridized carbons (Fsp3) is 0.429. The van der Waals surface area contributed by atoms with Crippen LogP contribution in [0.5, 0.6) is 0 Å². The van der Waals surface area contributed by atoms with Crippen molar-refractivity contribution in [2.75, 3.05) is 18.4 Å². The monoisotopic (exact) mass is 305 g/mol. The molecule has 6 nitrogen and oxygen atoms in total. The van der Waals surface area contributed by atoms with Crippen LogP contribution in [0.1, 0.15) is 35.0 Å². The maximum absolute atomic E-state index is 12.5. The number of rotatable bonds is 6. The molecule has 7 heteroatoms. The molecular formula is C14H19N5OS. The van der Waals surface area contributed by atoms with E-state index in [0.29, 0.717) is 23.2 Å². The molecule has 0 unspecified atom stereocenters. The second-order valence-corrected chi connectivity index (χ2v) is 5.51. The minimum Gasteiger partial charge on any atom is -0.360 e. The summed E-state index contributed by atoms with van der Waals surface area (Å²) in [7, 11) is 0. The molecule has 0 radical (unpaired) electrons. The highest BCUT2D eigenvalue weighted by atomic mass is 32.1. The molecule has 1 amide bonds. The van der Waals surface area contributed by atoms with Gasteiger partial charge in [-0.2, -0.15) is 0 Å². The number of hydrogen-bond donors (Lipinski definition) is 1. The van der Waals surface area contributed by atoms with Crippen molar-refractivity contribution in [2.45, 2.75) is 27.3 Å². The van der Waals surface area contributed by atoms with E-state index in [1.165, 1.54) is 11.3 Å². The summed E-state index contributed by atoms with van der Waals surface area (Å²) in [5, 5.41) is 12.1. The molecule has 0 aliphatic rings. The van der Waals surface area contributed by atoms with Crippen molar-refractivity contribution in [3.8, 4) is 0 Å². The molecule has 0 aromatic carbocycles. The molecule has 0 atom stereocenters. The number of pyridine rings is 1. The molecule has 112 valence electrons. The summed E-state index contributed by atoms with van der Waals surface area (Å²) in [5.74, 6) is -0.109. The first kappa shape index (κ1) is 15.4. The number of nitrogens with zero attached hydrogens (tertiary/aromatic N) is 4. The number of hydrogen-bond acceptors (Lipinski definition) is 6. The van der Waals surface area contributed by atoms with Crippen molar-refractivity contribution >= 4 is 22.4 Å². The van der Waals surface area contributed by atoms with E-state index < -0.39 is 0 Å². The zero-order valence-corrected chi connectivity index (χ0v) is 13.3. The van der Waals surface area contributed by atoms with Gasteiger partial charge in [0.15, 0.2) is 0 Å². The van der Waals surface area contributed by atoms with E-state index in [1.54, 1.807) is 4.90 Å². The van der Waals surface area contributed by atoms with Crippen LogP contribution < -0.4 is 5.32 Å². The van der Waals surface area contributed by atoms with Crippen molar-refractivity contribution < 1.29 is 4.79 Å². The highest BCUT2D eigenvalue weighted by Gasteiger charge is 2.19. The first-order valence-electron chi connectivity index (χ1n) is 6.93. The maximum atomic E-state index is 12.5. The molecule has 0 spiro atoms. The molecule has 0 aliphatic carbocycles. The van der Waals surface area contributed by atoms with Crippen molar-refractivity contribution in [2.24, 2.45) is 0 Å². The molecular weight excluding hydrogens is 286 g/mol. The van der Waals surface area contributed by atoms with Gasteiger partial charge in [0.2, 0.25) is 10.1 Å². The van der Waals surface area contributed by atoms with Gasteiger partial charge in [0.05, 0.1) is 12.2 Å². The number of carbonyl (C=O) groups excluding carboxylic acids is 1. The largest absolute Gasteiger partial charge is 0.360 e. The van der Waals surface area contributed by atoms with Gasteiger partial charge in [-0.15, -0.1) is 10.2 Å². The minimum absolute atomic E-state index is 0.109. The van der Waals surface area contributed by atoms with Gasteiger partial charge in [0.1, 0.15) is 0 Å². The lowest BCUT2D eigenvalue weighted by Gasteiger charge is -2.19. The van der Waals surface area contributed by atoms with Crippen LogP contribution in [-0.4, -0.2) is 39.1 Å². The van der Waals surface area contributed by atoms with Gasteiger partial charge < -0.3 is 10.2 Å². The summed E-state index contributed by atoms with van der Waals surface area (Å²) >= 11 is 1.28. The third kappa shape index (κ3) is 3.98. The van der Waals surface area contributed by atoms with E-state index in [2.05, 4.69) is 20.5 Å². The second kappa shape index (κ2) is 7.12. The van der Waals surface area contributed by atoms with Crippen molar-refractivity contribution in [1.29, 1.82) is 0 Å². The van der Waals surface area contributed by atoms with Crippen LogP contribution in [0.4, 0.5) is 5.13 Å². The van der Waals surface area contributed by atoms with Crippen molar-refractivity contribution in [3.63, 3.8) is 0 Å². The normalized spacial score (nSPS) is 10.4. The second-order valence-electron chi connectivity index (χ2n) is 4.53. The first-order chi connectivity index (χ1) is 10.1. The standard InChI is InChI=1S/C14H19N5OS/c1-4-15-14-18-17-12(21-14)13(20)19(5-2)9-11-8-6-7-10(3)16-11/h6-8H,4-5,9H2,1-3H3,(H,15,18). The van der Waals surface area contributed by atoms with E-state index >= 15 is 0 Å². The Morgan fingerprint density at radius 2 is 2.14 bits per heavy atom.